The number of carbonyl (C=O) groups is 1. The second-order valence-corrected chi connectivity index (χ2v) is 2.61. The minimum absolute atomic E-state index is 0.0625. The quantitative estimate of drug-likeness (QED) is 0.452. The third-order valence-corrected chi connectivity index (χ3v) is 1.99. The number of rotatable bonds is 0. The van der Waals surface area contributed by atoms with E-state index >= 15 is 0 Å². The second kappa shape index (κ2) is 1.48. The van der Waals surface area contributed by atoms with Gasteiger partial charge in [-0.3, -0.25) is 4.79 Å². The predicted molar refractivity (Wildman–Crippen MR) is 30.3 cm³/mol. The molecule has 2 rings (SSSR count). The molecule has 2 aliphatic rings. The first-order valence-corrected chi connectivity index (χ1v) is 3.10. The molecule has 2 saturated heterocycles. The van der Waals surface area contributed by atoms with E-state index < -0.39 is 0 Å². The average molecular weight is 126 g/mol. The number of hydrogen-bond acceptors (Lipinski definition) is 3. The highest BCUT2D eigenvalue weighted by Crippen LogP contribution is 2.38. The van der Waals surface area contributed by atoms with Crippen LogP contribution >= 0.6 is 0 Å². The lowest BCUT2D eigenvalue weighted by Gasteiger charge is -2.33. The first-order chi connectivity index (χ1) is 4.33. The van der Waals surface area contributed by atoms with E-state index in [2.05, 4.69) is 10.1 Å². The van der Waals surface area contributed by atoms with Gasteiger partial charge in [-0.25, -0.2) is 0 Å². The summed E-state index contributed by atoms with van der Waals surface area (Å²) < 4.78 is 4.56. The van der Waals surface area contributed by atoms with Gasteiger partial charge < -0.3 is 10.1 Å². The third kappa shape index (κ3) is 0.525. The smallest absolute Gasteiger partial charge is 0.317 e. The van der Waals surface area contributed by atoms with Crippen molar-refractivity contribution in [2.45, 2.75) is 6.42 Å². The van der Waals surface area contributed by atoms with Crippen LogP contribution in [0, 0.1) is 12.0 Å². The summed E-state index contributed by atoms with van der Waals surface area (Å²) in [5.41, 5.74) is -0.222. The Morgan fingerprint density at radius 1 is 1.78 bits per heavy atom. The minimum atomic E-state index is -0.222. The molecule has 1 N–H and O–H groups in total. The van der Waals surface area contributed by atoms with Crippen molar-refractivity contribution in [2.75, 3.05) is 13.1 Å². The van der Waals surface area contributed by atoms with E-state index in [1.165, 1.54) is 0 Å². The Bertz CT molecular complexity index is 149. The van der Waals surface area contributed by atoms with Crippen LogP contribution in [0.2, 0.25) is 0 Å². The van der Waals surface area contributed by atoms with Crippen LogP contribution in [0.4, 0.5) is 0 Å². The highest BCUT2D eigenvalue weighted by molar-refractivity contribution is 5.84. The summed E-state index contributed by atoms with van der Waals surface area (Å²) in [6, 6.07) is 0. The molecule has 2 aliphatic heterocycles. The predicted octanol–water partition coefficient (Wildman–Crippen LogP) is -0.315. The second-order valence-electron chi connectivity index (χ2n) is 2.61. The van der Waals surface area contributed by atoms with Crippen LogP contribution in [0.15, 0.2) is 0 Å². The van der Waals surface area contributed by atoms with Crippen LogP contribution in [0.1, 0.15) is 6.42 Å². The van der Waals surface area contributed by atoms with Gasteiger partial charge in [0.15, 0.2) is 6.61 Å². The van der Waals surface area contributed by atoms with Crippen LogP contribution in [0.5, 0.6) is 0 Å². The Kier molecular flexibility index (Phi) is 0.858. The van der Waals surface area contributed by atoms with E-state index in [0.29, 0.717) is 0 Å². The zero-order chi connectivity index (χ0) is 6.32. The Hall–Kier alpha value is -0.570. The van der Waals surface area contributed by atoms with Crippen molar-refractivity contribution in [1.29, 1.82) is 0 Å². The first-order valence-electron chi connectivity index (χ1n) is 3.10. The summed E-state index contributed by atoms with van der Waals surface area (Å²) in [6.07, 6.45) is 0.909. The van der Waals surface area contributed by atoms with E-state index in [4.69, 9.17) is 0 Å². The number of nitrogens with one attached hydrogen (secondary N) is 1. The summed E-state index contributed by atoms with van der Waals surface area (Å²) in [7, 11) is 0. The van der Waals surface area contributed by atoms with Crippen molar-refractivity contribution in [3.05, 3.63) is 6.61 Å². The molecule has 0 amide bonds. The molecule has 3 heteroatoms. The fraction of sp³-hybridized carbons (Fsp3) is 0.667. The highest BCUT2D eigenvalue weighted by atomic mass is 16.6. The SMILES string of the molecule is O=C1O[CH]C12CCNC2. The van der Waals surface area contributed by atoms with Crippen LogP contribution in [0.3, 0.4) is 0 Å². The number of ether oxygens (including phenoxy) is 1. The van der Waals surface area contributed by atoms with Gasteiger partial charge >= 0.3 is 5.97 Å². The molecule has 0 aromatic rings. The van der Waals surface area contributed by atoms with E-state index in [1.54, 1.807) is 6.61 Å². The maximum atomic E-state index is 10.8. The summed E-state index contributed by atoms with van der Waals surface area (Å²) in [6.45, 7) is 3.35. The Balaban J connectivity index is 2.14. The molecule has 2 heterocycles. The molecule has 2 fully saturated rings. The van der Waals surface area contributed by atoms with Gasteiger partial charge in [-0.2, -0.15) is 0 Å². The van der Waals surface area contributed by atoms with Gasteiger partial charge in [0.05, 0.1) is 0 Å². The highest BCUT2D eigenvalue weighted by Gasteiger charge is 2.51. The minimum Gasteiger partial charge on any atom is -0.457 e. The standard InChI is InChI=1S/C6H8NO2/c8-5-6(4-9-5)1-2-7-3-6/h4,7H,1-3H2. The monoisotopic (exact) mass is 126 g/mol. The van der Waals surface area contributed by atoms with E-state index in [-0.39, 0.29) is 11.4 Å². The lowest BCUT2D eigenvalue weighted by molar-refractivity contribution is -0.169. The average Bonchev–Trinajstić information content (AvgIpc) is 2.34. The number of carbonyl (C=O) groups excluding carboxylic acids is 1. The fourth-order valence-corrected chi connectivity index (χ4v) is 1.26. The van der Waals surface area contributed by atoms with E-state index in [1.807, 2.05) is 0 Å². The molecular formula is C6H8NO2. The molecule has 0 saturated carbocycles. The molecule has 0 aromatic carbocycles. The Morgan fingerprint density at radius 3 is 2.89 bits per heavy atom. The normalized spacial score (nSPS) is 40.7. The van der Waals surface area contributed by atoms with E-state index in [9.17, 15) is 4.79 Å². The molecule has 1 unspecified atom stereocenters. The van der Waals surface area contributed by atoms with Crippen molar-refractivity contribution < 1.29 is 9.53 Å². The molecule has 49 valence electrons. The Morgan fingerprint density at radius 2 is 2.67 bits per heavy atom. The van der Waals surface area contributed by atoms with Crippen molar-refractivity contribution >= 4 is 5.97 Å². The van der Waals surface area contributed by atoms with Gasteiger partial charge in [0.1, 0.15) is 5.41 Å². The fourth-order valence-electron chi connectivity index (χ4n) is 1.26. The number of esters is 1. The molecule has 9 heavy (non-hydrogen) atoms. The van der Waals surface area contributed by atoms with Crippen LogP contribution in [-0.4, -0.2) is 19.1 Å². The lowest BCUT2D eigenvalue weighted by Crippen LogP contribution is -2.45. The number of cyclic esters (lactones) is 1. The molecule has 3 nitrogen and oxygen atoms in total. The lowest BCUT2D eigenvalue weighted by atomic mass is 9.84. The molecule has 0 bridgehead atoms. The third-order valence-electron chi connectivity index (χ3n) is 1.99. The first kappa shape index (κ1) is 5.23. The molecule has 1 atom stereocenters. The van der Waals surface area contributed by atoms with Crippen molar-refractivity contribution in [3.8, 4) is 0 Å². The Labute approximate surface area is 53.4 Å². The molecule has 1 spiro atoms. The van der Waals surface area contributed by atoms with Crippen molar-refractivity contribution in [3.63, 3.8) is 0 Å². The van der Waals surface area contributed by atoms with Gasteiger partial charge in [-0.1, -0.05) is 0 Å². The summed E-state index contributed by atoms with van der Waals surface area (Å²) in [4.78, 5) is 10.8. The maximum absolute atomic E-state index is 10.8. The van der Waals surface area contributed by atoms with Crippen LogP contribution in [0.25, 0.3) is 0 Å². The van der Waals surface area contributed by atoms with Gasteiger partial charge in [0, 0.05) is 6.54 Å². The summed E-state index contributed by atoms with van der Waals surface area (Å²) in [5.74, 6) is -0.0625. The van der Waals surface area contributed by atoms with E-state index in [0.717, 1.165) is 19.5 Å². The van der Waals surface area contributed by atoms with Crippen molar-refractivity contribution in [2.24, 2.45) is 5.41 Å². The molecular weight excluding hydrogens is 118 g/mol. The van der Waals surface area contributed by atoms with Gasteiger partial charge in [0.2, 0.25) is 0 Å². The maximum Gasteiger partial charge on any atom is 0.317 e. The molecule has 0 aliphatic carbocycles. The molecule has 0 aromatic heterocycles. The summed E-state index contributed by atoms with van der Waals surface area (Å²) >= 11 is 0. The van der Waals surface area contributed by atoms with Gasteiger partial charge in [0.25, 0.3) is 0 Å². The molecule has 1 radical (unpaired) electrons. The van der Waals surface area contributed by atoms with Crippen molar-refractivity contribution in [1.82, 2.24) is 5.32 Å². The zero-order valence-electron chi connectivity index (χ0n) is 5.02. The van der Waals surface area contributed by atoms with Crippen LogP contribution < -0.4 is 5.32 Å². The number of hydrogen-bond donors (Lipinski definition) is 1. The van der Waals surface area contributed by atoms with Gasteiger partial charge in [-0.05, 0) is 13.0 Å². The van der Waals surface area contributed by atoms with Gasteiger partial charge in [-0.15, -0.1) is 0 Å². The summed E-state index contributed by atoms with van der Waals surface area (Å²) in [5, 5.41) is 3.11. The van der Waals surface area contributed by atoms with Crippen LogP contribution in [-0.2, 0) is 9.53 Å². The topological polar surface area (TPSA) is 38.3 Å². The zero-order valence-corrected chi connectivity index (χ0v) is 5.02. The largest absolute Gasteiger partial charge is 0.457 e.